The van der Waals surface area contributed by atoms with Gasteiger partial charge in [0.15, 0.2) is 0 Å². The molecule has 1 N–H and O–H groups in total. The third-order valence-electron chi connectivity index (χ3n) is 2.99. The van der Waals surface area contributed by atoms with Crippen LogP contribution in [0.3, 0.4) is 0 Å². The highest BCUT2D eigenvalue weighted by Crippen LogP contribution is 2.14. The lowest BCUT2D eigenvalue weighted by Crippen LogP contribution is -2.34. The van der Waals surface area contributed by atoms with Gasteiger partial charge in [0.05, 0.1) is 0 Å². The fraction of sp³-hybridized carbons (Fsp3) is 0.333. The van der Waals surface area contributed by atoms with E-state index < -0.39 is 0 Å². The first kappa shape index (κ1) is 17.5. The maximum atomic E-state index is 5.77. The van der Waals surface area contributed by atoms with Crippen LogP contribution in [0, 0.1) is 0 Å². The van der Waals surface area contributed by atoms with Gasteiger partial charge in [-0.2, -0.15) is 0 Å². The maximum absolute atomic E-state index is 5.77. The molecule has 0 saturated heterocycles. The Morgan fingerprint density at radius 3 is 2.05 bits per heavy atom. The van der Waals surface area contributed by atoms with Gasteiger partial charge in [-0.1, -0.05) is 42.5 Å². The van der Waals surface area contributed by atoms with E-state index in [9.17, 15) is 0 Å². The number of hydrogen-bond donors (Lipinski definition) is 1. The number of hydrogen-bond acceptors (Lipinski definition) is 2. The SMILES string of the molecule is CC(C)(C)NCc1ccc(OCc2ccccc2)cc1.Cl. The Labute approximate surface area is 133 Å². The highest BCUT2D eigenvalue weighted by molar-refractivity contribution is 5.85. The molecule has 114 valence electrons. The minimum Gasteiger partial charge on any atom is -0.489 e. The molecule has 2 rings (SSSR count). The third kappa shape index (κ3) is 6.65. The van der Waals surface area contributed by atoms with Crippen LogP contribution in [-0.4, -0.2) is 5.54 Å². The van der Waals surface area contributed by atoms with Crippen molar-refractivity contribution in [1.29, 1.82) is 0 Å². The Hall–Kier alpha value is -1.51. The first-order chi connectivity index (χ1) is 9.53. The van der Waals surface area contributed by atoms with Crippen LogP contribution in [0.4, 0.5) is 0 Å². The van der Waals surface area contributed by atoms with Crippen LogP contribution in [0.25, 0.3) is 0 Å². The molecule has 0 unspecified atom stereocenters. The number of nitrogens with one attached hydrogen (secondary N) is 1. The second-order valence-electron chi connectivity index (χ2n) is 6.02. The van der Waals surface area contributed by atoms with Gasteiger partial charge in [-0.05, 0) is 44.0 Å². The highest BCUT2D eigenvalue weighted by Gasteiger charge is 2.08. The lowest BCUT2D eigenvalue weighted by atomic mass is 10.1. The average molecular weight is 306 g/mol. The zero-order valence-corrected chi connectivity index (χ0v) is 13.7. The maximum Gasteiger partial charge on any atom is 0.119 e. The normalized spacial score (nSPS) is 10.8. The number of rotatable bonds is 5. The molecule has 0 spiro atoms. The first-order valence-electron chi connectivity index (χ1n) is 7.04. The Morgan fingerprint density at radius 1 is 0.857 bits per heavy atom. The summed E-state index contributed by atoms with van der Waals surface area (Å²) in [7, 11) is 0. The van der Waals surface area contributed by atoms with Crippen molar-refractivity contribution >= 4 is 12.4 Å². The van der Waals surface area contributed by atoms with E-state index in [1.54, 1.807) is 0 Å². The molecular formula is C18H24ClNO. The van der Waals surface area contributed by atoms with Gasteiger partial charge in [-0.25, -0.2) is 0 Å². The summed E-state index contributed by atoms with van der Waals surface area (Å²) in [5, 5.41) is 3.47. The van der Waals surface area contributed by atoms with Gasteiger partial charge in [-0.15, -0.1) is 12.4 Å². The number of halogens is 1. The Morgan fingerprint density at radius 2 is 1.48 bits per heavy atom. The summed E-state index contributed by atoms with van der Waals surface area (Å²) in [5.41, 5.74) is 2.60. The van der Waals surface area contributed by atoms with Crippen molar-refractivity contribution in [2.75, 3.05) is 0 Å². The molecule has 0 aliphatic rings. The van der Waals surface area contributed by atoms with Crippen LogP contribution in [0.1, 0.15) is 31.9 Å². The van der Waals surface area contributed by atoms with Gasteiger partial charge in [0.25, 0.3) is 0 Å². The van der Waals surface area contributed by atoms with Gasteiger partial charge >= 0.3 is 0 Å². The molecule has 0 radical (unpaired) electrons. The predicted molar refractivity (Wildman–Crippen MR) is 91.1 cm³/mol. The molecule has 0 amide bonds. The van der Waals surface area contributed by atoms with Gasteiger partial charge in [0.2, 0.25) is 0 Å². The topological polar surface area (TPSA) is 21.3 Å². The summed E-state index contributed by atoms with van der Waals surface area (Å²) in [6.45, 7) is 8.00. The molecule has 2 nitrogen and oxygen atoms in total. The smallest absolute Gasteiger partial charge is 0.119 e. The van der Waals surface area contributed by atoms with Crippen molar-refractivity contribution in [3.8, 4) is 5.75 Å². The molecule has 0 atom stereocenters. The molecule has 2 aromatic carbocycles. The molecule has 0 saturated carbocycles. The molecule has 0 aromatic heterocycles. The van der Waals surface area contributed by atoms with Crippen LogP contribution < -0.4 is 10.1 Å². The zero-order chi connectivity index (χ0) is 14.4. The van der Waals surface area contributed by atoms with Gasteiger partial charge in [0, 0.05) is 12.1 Å². The third-order valence-corrected chi connectivity index (χ3v) is 2.99. The summed E-state index contributed by atoms with van der Waals surface area (Å²) >= 11 is 0. The predicted octanol–water partition coefficient (Wildman–Crippen LogP) is 4.58. The second-order valence-corrected chi connectivity index (χ2v) is 6.02. The van der Waals surface area contributed by atoms with E-state index >= 15 is 0 Å². The summed E-state index contributed by atoms with van der Waals surface area (Å²) in [6.07, 6.45) is 0. The van der Waals surface area contributed by atoms with E-state index in [2.05, 4.69) is 50.4 Å². The molecule has 0 heterocycles. The molecule has 0 aliphatic carbocycles. The van der Waals surface area contributed by atoms with Gasteiger partial charge in [0.1, 0.15) is 12.4 Å². The van der Waals surface area contributed by atoms with Crippen LogP contribution >= 0.6 is 12.4 Å². The molecule has 2 aromatic rings. The van der Waals surface area contributed by atoms with Crippen LogP contribution in [0.5, 0.6) is 5.75 Å². The van der Waals surface area contributed by atoms with Crippen molar-refractivity contribution in [1.82, 2.24) is 5.32 Å². The second kappa shape index (κ2) is 8.06. The average Bonchev–Trinajstić information content (AvgIpc) is 2.44. The van der Waals surface area contributed by atoms with Crippen molar-refractivity contribution in [3.63, 3.8) is 0 Å². The van der Waals surface area contributed by atoms with Crippen molar-refractivity contribution in [2.45, 2.75) is 39.5 Å². The summed E-state index contributed by atoms with van der Waals surface area (Å²) < 4.78 is 5.77. The van der Waals surface area contributed by atoms with Crippen LogP contribution in [0.15, 0.2) is 54.6 Å². The summed E-state index contributed by atoms with van der Waals surface area (Å²) in [6, 6.07) is 18.5. The summed E-state index contributed by atoms with van der Waals surface area (Å²) in [4.78, 5) is 0. The van der Waals surface area contributed by atoms with Crippen molar-refractivity contribution in [2.24, 2.45) is 0 Å². The van der Waals surface area contributed by atoms with E-state index in [1.165, 1.54) is 11.1 Å². The number of ether oxygens (including phenoxy) is 1. The van der Waals surface area contributed by atoms with E-state index in [-0.39, 0.29) is 17.9 Å². The minimum absolute atomic E-state index is 0. The zero-order valence-electron chi connectivity index (χ0n) is 12.9. The first-order valence-corrected chi connectivity index (χ1v) is 7.04. The largest absolute Gasteiger partial charge is 0.489 e. The molecule has 3 heteroatoms. The molecule has 21 heavy (non-hydrogen) atoms. The van der Waals surface area contributed by atoms with E-state index in [4.69, 9.17) is 4.74 Å². The molecule has 0 aliphatic heterocycles. The van der Waals surface area contributed by atoms with Gasteiger partial charge < -0.3 is 10.1 Å². The fourth-order valence-electron chi connectivity index (χ4n) is 1.81. The molecular weight excluding hydrogens is 282 g/mol. The number of benzene rings is 2. The standard InChI is InChI=1S/C18H23NO.ClH/c1-18(2,3)19-13-15-9-11-17(12-10-15)20-14-16-7-5-4-6-8-16;/h4-12,19H,13-14H2,1-3H3;1H. The van der Waals surface area contributed by atoms with Crippen molar-refractivity contribution < 1.29 is 4.74 Å². The summed E-state index contributed by atoms with van der Waals surface area (Å²) in [5.74, 6) is 0.911. The Bertz CT molecular complexity index is 517. The van der Waals surface area contributed by atoms with E-state index in [0.29, 0.717) is 6.61 Å². The Kier molecular flexibility index (Phi) is 6.73. The quantitative estimate of drug-likeness (QED) is 0.873. The lowest BCUT2D eigenvalue weighted by Gasteiger charge is -2.20. The van der Waals surface area contributed by atoms with Crippen LogP contribution in [-0.2, 0) is 13.2 Å². The van der Waals surface area contributed by atoms with Crippen LogP contribution in [0.2, 0.25) is 0 Å². The lowest BCUT2D eigenvalue weighted by molar-refractivity contribution is 0.306. The highest BCUT2D eigenvalue weighted by atomic mass is 35.5. The van der Waals surface area contributed by atoms with Crippen molar-refractivity contribution in [3.05, 3.63) is 65.7 Å². The van der Waals surface area contributed by atoms with E-state index in [1.807, 2.05) is 30.3 Å². The van der Waals surface area contributed by atoms with E-state index in [0.717, 1.165) is 12.3 Å². The van der Waals surface area contributed by atoms with Gasteiger partial charge in [-0.3, -0.25) is 0 Å². The molecule has 0 bridgehead atoms. The fourth-order valence-corrected chi connectivity index (χ4v) is 1.81. The molecule has 0 fully saturated rings. The monoisotopic (exact) mass is 305 g/mol. The minimum atomic E-state index is 0. The Balaban J connectivity index is 0.00000220.